The smallest absolute Gasteiger partial charge is 0.00132 e. The van der Waals surface area contributed by atoms with Crippen LogP contribution in [0.15, 0.2) is 0 Å². The third-order valence-corrected chi connectivity index (χ3v) is 5.82. The van der Waals surface area contributed by atoms with E-state index < -0.39 is 0 Å². The van der Waals surface area contributed by atoms with Crippen molar-refractivity contribution in [3.63, 3.8) is 0 Å². The Morgan fingerprint density at radius 1 is 1.12 bits per heavy atom. The van der Waals surface area contributed by atoms with Gasteiger partial charge in [0.05, 0.1) is 0 Å². The van der Waals surface area contributed by atoms with Crippen molar-refractivity contribution in [2.45, 2.75) is 58.3 Å². The van der Waals surface area contributed by atoms with Crippen molar-refractivity contribution in [2.75, 3.05) is 13.1 Å². The molecule has 3 rings (SSSR count). The SMILES string of the molecule is CCCNCC1(C2CCC2)CC2CCC1C2. The molecule has 16 heavy (non-hydrogen) atoms. The van der Waals surface area contributed by atoms with E-state index in [-0.39, 0.29) is 0 Å². The molecule has 1 nitrogen and oxygen atoms in total. The lowest BCUT2D eigenvalue weighted by atomic mass is 9.58. The van der Waals surface area contributed by atoms with E-state index >= 15 is 0 Å². The average Bonchev–Trinajstić information content (AvgIpc) is 2.75. The van der Waals surface area contributed by atoms with Crippen LogP contribution < -0.4 is 5.32 Å². The van der Waals surface area contributed by atoms with Gasteiger partial charge in [-0.2, -0.15) is 0 Å². The van der Waals surface area contributed by atoms with Crippen molar-refractivity contribution >= 4 is 0 Å². The summed E-state index contributed by atoms with van der Waals surface area (Å²) in [4.78, 5) is 0. The van der Waals surface area contributed by atoms with Gasteiger partial charge >= 0.3 is 0 Å². The fourth-order valence-corrected chi connectivity index (χ4v) is 4.83. The van der Waals surface area contributed by atoms with Gasteiger partial charge in [-0.25, -0.2) is 0 Å². The van der Waals surface area contributed by atoms with Crippen LogP contribution in [0.1, 0.15) is 58.3 Å². The van der Waals surface area contributed by atoms with E-state index in [0.29, 0.717) is 0 Å². The second kappa shape index (κ2) is 4.33. The zero-order valence-electron chi connectivity index (χ0n) is 10.8. The standard InChI is InChI=1S/C15H27N/c1-2-8-16-11-15(13-4-3-5-13)10-12-6-7-14(15)9-12/h12-14,16H,2-11H2,1H3. The molecule has 0 aromatic carbocycles. The Hall–Kier alpha value is -0.0400. The van der Waals surface area contributed by atoms with E-state index in [1.165, 1.54) is 38.8 Å². The first kappa shape index (κ1) is 11.1. The molecule has 3 fully saturated rings. The molecule has 0 aromatic rings. The molecule has 0 spiro atoms. The maximum Gasteiger partial charge on any atom is 0.00132 e. The van der Waals surface area contributed by atoms with Crippen LogP contribution in [0, 0.1) is 23.2 Å². The van der Waals surface area contributed by atoms with Gasteiger partial charge in [0.15, 0.2) is 0 Å². The lowest BCUT2D eigenvalue weighted by Gasteiger charge is -2.49. The third-order valence-electron chi connectivity index (χ3n) is 5.82. The maximum absolute atomic E-state index is 3.75. The molecule has 3 unspecified atom stereocenters. The molecule has 0 radical (unpaired) electrons. The molecule has 3 aliphatic rings. The molecule has 0 amide bonds. The van der Waals surface area contributed by atoms with Gasteiger partial charge in [0.25, 0.3) is 0 Å². The molecular weight excluding hydrogens is 194 g/mol. The predicted molar refractivity (Wildman–Crippen MR) is 68.4 cm³/mol. The van der Waals surface area contributed by atoms with Crippen LogP contribution in [0.3, 0.4) is 0 Å². The molecule has 92 valence electrons. The minimum absolute atomic E-state index is 0.746. The van der Waals surface area contributed by atoms with E-state index in [0.717, 1.165) is 23.2 Å². The normalized spacial score (nSPS) is 42.6. The van der Waals surface area contributed by atoms with Gasteiger partial charge in [0.1, 0.15) is 0 Å². The molecule has 0 saturated heterocycles. The van der Waals surface area contributed by atoms with Crippen LogP contribution in [0.25, 0.3) is 0 Å². The van der Waals surface area contributed by atoms with Crippen LogP contribution in [-0.4, -0.2) is 13.1 Å². The third kappa shape index (κ3) is 1.63. The van der Waals surface area contributed by atoms with Crippen LogP contribution in [0.2, 0.25) is 0 Å². The van der Waals surface area contributed by atoms with Gasteiger partial charge in [0, 0.05) is 6.54 Å². The van der Waals surface area contributed by atoms with Crippen molar-refractivity contribution in [3.05, 3.63) is 0 Å². The highest BCUT2D eigenvalue weighted by molar-refractivity contribution is 5.06. The number of nitrogens with one attached hydrogen (secondary N) is 1. The molecule has 1 heteroatoms. The Bertz CT molecular complexity index is 246. The van der Waals surface area contributed by atoms with Crippen molar-refractivity contribution in [1.82, 2.24) is 5.32 Å². The van der Waals surface area contributed by atoms with Crippen LogP contribution >= 0.6 is 0 Å². The van der Waals surface area contributed by atoms with Crippen LogP contribution in [0.5, 0.6) is 0 Å². The highest BCUT2D eigenvalue weighted by Crippen LogP contribution is 2.62. The summed E-state index contributed by atoms with van der Waals surface area (Å²) in [5, 5.41) is 3.75. The van der Waals surface area contributed by atoms with Gasteiger partial charge in [-0.15, -0.1) is 0 Å². The maximum atomic E-state index is 3.75. The monoisotopic (exact) mass is 221 g/mol. The fourth-order valence-electron chi connectivity index (χ4n) is 4.83. The van der Waals surface area contributed by atoms with E-state index in [4.69, 9.17) is 0 Å². The Morgan fingerprint density at radius 2 is 2.00 bits per heavy atom. The average molecular weight is 221 g/mol. The van der Waals surface area contributed by atoms with Gasteiger partial charge in [-0.3, -0.25) is 0 Å². The van der Waals surface area contributed by atoms with E-state index in [2.05, 4.69) is 12.2 Å². The first-order chi connectivity index (χ1) is 7.85. The highest BCUT2D eigenvalue weighted by Gasteiger charge is 2.55. The van der Waals surface area contributed by atoms with Gasteiger partial charge in [-0.05, 0) is 68.2 Å². The van der Waals surface area contributed by atoms with E-state index in [9.17, 15) is 0 Å². The summed E-state index contributed by atoms with van der Waals surface area (Å²) in [6.07, 6.45) is 12.1. The summed E-state index contributed by atoms with van der Waals surface area (Å²) in [5.41, 5.74) is 0.746. The highest BCUT2D eigenvalue weighted by atomic mass is 14.9. The lowest BCUT2D eigenvalue weighted by Crippen LogP contribution is -2.47. The summed E-state index contributed by atoms with van der Waals surface area (Å²) in [6.45, 7) is 4.85. The van der Waals surface area contributed by atoms with Crippen LogP contribution in [-0.2, 0) is 0 Å². The molecule has 0 aromatic heterocycles. The molecular formula is C15H27N. The second-order valence-corrected chi connectivity index (χ2v) is 6.62. The Kier molecular flexibility index (Phi) is 2.99. The number of fused-ring (bicyclic) bond motifs is 2. The number of hydrogen-bond donors (Lipinski definition) is 1. The zero-order valence-corrected chi connectivity index (χ0v) is 10.8. The summed E-state index contributed by atoms with van der Waals surface area (Å²) in [6, 6.07) is 0. The summed E-state index contributed by atoms with van der Waals surface area (Å²) in [7, 11) is 0. The minimum atomic E-state index is 0.746. The first-order valence-electron chi connectivity index (χ1n) is 7.56. The fraction of sp³-hybridized carbons (Fsp3) is 1.00. The molecule has 0 aliphatic heterocycles. The van der Waals surface area contributed by atoms with Gasteiger partial charge in [0.2, 0.25) is 0 Å². The molecule has 3 atom stereocenters. The topological polar surface area (TPSA) is 12.0 Å². The zero-order chi connectivity index (χ0) is 11.0. The van der Waals surface area contributed by atoms with Gasteiger partial charge in [-0.1, -0.05) is 19.8 Å². The Balaban J connectivity index is 1.68. The van der Waals surface area contributed by atoms with Crippen molar-refractivity contribution in [3.8, 4) is 0 Å². The molecule has 3 aliphatic carbocycles. The molecule has 2 bridgehead atoms. The Morgan fingerprint density at radius 3 is 2.50 bits per heavy atom. The minimum Gasteiger partial charge on any atom is -0.316 e. The Labute approximate surface area is 100 Å². The largest absolute Gasteiger partial charge is 0.316 e. The van der Waals surface area contributed by atoms with Gasteiger partial charge < -0.3 is 5.32 Å². The number of rotatable bonds is 5. The van der Waals surface area contributed by atoms with Crippen molar-refractivity contribution in [2.24, 2.45) is 23.2 Å². The second-order valence-electron chi connectivity index (χ2n) is 6.62. The van der Waals surface area contributed by atoms with E-state index in [1.54, 1.807) is 25.7 Å². The van der Waals surface area contributed by atoms with Crippen molar-refractivity contribution < 1.29 is 0 Å². The number of hydrogen-bond acceptors (Lipinski definition) is 1. The summed E-state index contributed by atoms with van der Waals surface area (Å²) < 4.78 is 0. The summed E-state index contributed by atoms with van der Waals surface area (Å²) in [5.74, 6) is 3.29. The molecule has 3 saturated carbocycles. The first-order valence-corrected chi connectivity index (χ1v) is 7.56. The lowest BCUT2D eigenvalue weighted by molar-refractivity contribution is 0.0235. The molecule has 1 N–H and O–H groups in total. The summed E-state index contributed by atoms with van der Waals surface area (Å²) >= 11 is 0. The van der Waals surface area contributed by atoms with E-state index in [1.807, 2.05) is 0 Å². The van der Waals surface area contributed by atoms with Crippen LogP contribution in [0.4, 0.5) is 0 Å². The predicted octanol–water partition coefficient (Wildman–Crippen LogP) is 3.59. The quantitative estimate of drug-likeness (QED) is 0.700. The van der Waals surface area contributed by atoms with Crippen molar-refractivity contribution in [1.29, 1.82) is 0 Å². The molecule has 0 heterocycles.